The van der Waals surface area contributed by atoms with E-state index in [1.807, 2.05) is 6.92 Å². The molecular weight excluding hydrogens is 254 g/mol. The second kappa shape index (κ2) is 7.05. The normalized spacial score (nSPS) is 24.6. The fourth-order valence-corrected chi connectivity index (χ4v) is 3.05. The van der Waals surface area contributed by atoms with Crippen molar-refractivity contribution in [3.8, 4) is 6.07 Å². The number of likely N-dealkylation sites (tertiary alicyclic amines) is 1. The summed E-state index contributed by atoms with van der Waals surface area (Å²) in [5.74, 6) is -0.118. The molecule has 112 valence electrons. The van der Waals surface area contributed by atoms with Crippen molar-refractivity contribution in [3.05, 3.63) is 0 Å². The Hall–Kier alpha value is -1.12. The number of carbonyl (C=O) groups is 1. The van der Waals surface area contributed by atoms with Gasteiger partial charge in [0.2, 0.25) is 5.91 Å². The number of hydrogen-bond donors (Lipinski definition) is 1. The van der Waals surface area contributed by atoms with E-state index in [0.717, 1.165) is 19.6 Å². The minimum Gasteiger partial charge on any atom is -0.381 e. The van der Waals surface area contributed by atoms with Crippen LogP contribution in [-0.2, 0) is 9.53 Å². The molecule has 2 aliphatic rings. The van der Waals surface area contributed by atoms with Crippen LogP contribution in [0.25, 0.3) is 0 Å². The zero-order valence-corrected chi connectivity index (χ0v) is 12.4. The SMILES string of the molecule is CC(CN1CCCCC1)NC(=O)C1(C#N)CCOCC1. The van der Waals surface area contributed by atoms with Gasteiger partial charge in [-0.1, -0.05) is 6.42 Å². The average Bonchev–Trinajstić information content (AvgIpc) is 2.48. The zero-order chi connectivity index (χ0) is 14.4. The first kappa shape index (κ1) is 15.3. The minimum absolute atomic E-state index is 0.0914. The molecule has 1 N–H and O–H groups in total. The lowest BCUT2D eigenvalue weighted by molar-refractivity contribution is -0.133. The van der Waals surface area contributed by atoms with Gasteiger partial charge >= 0.3 is 0 Å². The Kier molecular flexibility index (Phi) is 5.38. The lowest BCUT2D eigenvalue weighted by atomic mass is 9.80. The third-order valence-corrected chi connectivity index (χ3v) is 4.35. The van der Waals surface area contributed by atoms with E-state index in [1.165, 1.54) is 19.3 Å². The van der Waals surface area contributed by atoms with E-state index in [4.69, 9.17) is 4.74 Å². The molecular formula is C15H25N3O2. The van der Waals surface area contributed by atoms with E-state index < -0.39 is 5.41 Å². The van der Waals surface area contributed by atoms with E-state index in [2.05, 4.69) is 16.3 Å². The van der Waals surface area contributed by atoms with Crippen LogP contribution in [-0.4, -0.2) is 49.7 Å². The van der Waals surface area contributed by atoms with Crippen LogP contribution in [0.4, 0.5) is 0 Å². The van der Waals surface area contributed by atoms with Crippen LogP contribution >= 0.6 is 0 Å². The maximum absolute atomic E-state index is 12.4. The van der Waals surface area contributed by atoms with Crippen LogP contribution in [0.1, 0.15) is 39.0 Å². The topological polar surface area (TPSA) is 65.4 Å². The third kappa shape index (κ3) is 3.71. The number of nitrogens with zero attached hydrogens (tertiary/aromatic N) is 2. The van der Waals surface area contributed by atoms with Crippen molar-refractivity contribution < 1.29 is 9.53 Å². The molecule has 1 unspecified atom stereocenters. The zero-order valence-electron chi connectivity index (χ0n) is 12.4. The van der Waals surface area contributed by atoms with Crippen LogP contribution in [0.3, 0.4) is 0 Å². The first-order chi connectivity index (χ1) is 9.66. The van der Waals surface area contributed by atoms with Crippen LogP contribution in [0.15, 0.2) is 0 Å². The molecule has 2 fully saturated rings. The molecule has 0 aromatic heterocycles. The number of hydrogen-bond acceptors (Lipinski definition) is 4. The maximum atomic E-state index is 12.4. The maximum Gasteiger partial charge on any atom is 0.240 e. The first-order valence-electron chi connectivity index (χ1n) is 7.69. The quantitative estimate of drug-likeness (QED) is 0.842. The molecule has 0 aromatic carbocycles. The average molecular weight is 279 g/mol. The smallest absolute Gasteiger partial charge is 0.240 e. The predicted octanol–water partition coefficient (Wildman–Crippen LogP) is 1.30. The number of nitrogens with one attached hydrogen (secondary N) is 1. The highest BCUT2D eigenvalue weighted by Gasteiger charge is 2.40. The van der Waals surface area contributed by atoms with E-state index in [-0.39, 0.29) is 11.9 Å². The molecule has 0 saturated carbocycles. The van der Waals surface area contributed by atoms with Crippen molar-refractivity contribution in [2.24, 2.45) is 5.41 Å². The van der Waals surface area contributed by atoms with Crippen molar-refractivity contribution >= 4 is 5.91 Å². The summed E-state index contributed by atoms with van der Waals surface area (Å²) in [7, 11) is 0. The largest absolute Gasteiger partial charge is 0.381 e. The molecule has 5 heteroatoms. The van der Waals surface area contributed by atoms with Gasteiger partial charge in [-0.25, -0.2) is 0 Å². The molecule has 0 bridgehead atoms. The molecule has 2 heterocycles. The Labute approximate surface area is 121 Å². The molecule has 0 aliphatic carbocycles. The Morgan fingerprint density at radius 2 is 2.00 bits per heavy atom. The fourth-order valence-electron chi connectivity index (χ4n) is 3.05. The highest BCUT2D eigenvalue weighted by atomic mass is 16.5. The summed E-state index contributed by atoms with van der Waals surface area (Å²) >= 11 is 0. The highest BCUT2D eigenvalue weighted by Crippen LogP contribution is 2.30. The summed E-state index contributed by atoms with van der Waals surface area (Å²) in [6.07, 6.45) is 4.83. The molecule has 1 amide bonds. The fraction of sp³-hybridized carbons (Fsp3) is 0.867. The number of carbonyl (C=O) groups excluding carboxylic acids is 1. The van der Waals surface area contributed by atoms with Gasteiger partial charge in [0.05, 0.1) is 6.07 Å². The second-order valence-corrected chi connectivity index (χ2v) is 6.04. The number of rotatable bonds is 4. The van der Waals surface area contributed by atoms with Crippen molar-refractivity contribution in [2.45, 2.75) is 45.1 Å². The first-order valence-corrected chi connectivity index (χ1v) is 7.69. The standard InChI is InChI=1S/C15H25N3O2/c1-13(11-18-7-3-2-4-8-18)17-14(19)15(12-16)5-9-20-10-6-15/h13H,2-11H2,1H3,(H,17,19). The molecule has 2 saturated heterocycles. The molecule has 0 aromatic rings. The Morgan fingerprint density at radius 1 is 1.35 bits per heavy atom. The van der Waals surface area contributed by atoms with Gasteiger partial charge in [0.1, 0.15) is 5.41 Å². The molecule has 0 spiro atoms. The monoisotopic (exact) mass is 279 g/mol. The molecule has 2 rings (SSSR count). The van der Waals surface area contributed by atoms with Crippen molar-refractivity contribution in [2.75, 3.05) is 32.8 Å². The molecule has 1 atom stereocenters. The van der Waals surface area contributed by atoms with E-state index in [1.54, 1.807) is 0 Å². The van der Waals surface area contributed by atoms with Crippen molar-refractivity contribution in [3.63, 3.8) is 0 Å². The predicted molar refractivity (Wildman–Crippen MR) is 76.0 cm³/mol. The van der Waals surface area contributed by atoms with Crippen LogP contribution in [0.2, 0.25) is 0 Å². The van der Waals surface area contributed by atoms with E-state index in [9.17, 15) is 10.1 Å². The van der Waals surface area contributed by atoms with Gasteiger partial charge in [-0.3, -0.25) is 4.79 Å². The van der Waals surface area contributed by atoms with Gasteiger partial charge in [-0.2, -0.15) is 5.26 Å². The van der Waals surface area contributed by atoms with E-state index in [0.29, 0.717) is 26.1 Å². The summed E-state index contributed by atoms with van der Waals surface area (Å²) in [6, 6.07) is 2.31. The van der Waals surface area contributed by atoms with Gasteiger partial charge in [-0.15, -0.1) is 0 Å². The Bertz CT molecular complexity index is 366. The van der Waals surface area contributed by atoms with Gasteiger partial charge in [0.25, 0.3) is 0 Å². The lowest BCUT2D eigenvalue weighted by Gasteiger charge is -2.33. The Balaban J connectivity index is 1.84. The van der Waals surface area contributed by atoms with Gasteiger partial charge < -0.3 is 15.0 Å². The summed E-state index contributed by atoms with van der Waals surface area (Å²) in [5, 5.41) is 12.4. The number of ether oxygens (including phenoxy) is 1. The highest BCUT2D eigenvalue weighted by molar-refractivity contribution is 5.85. The van der Waals surface area contributed by atoms with Crippen molar-refractivity contribution in [1.29, 1.82) is 5.26 Å². The number of amides is 1. The van der Waals surface area contributed by atoms with Crippen molar-refractivity contribution in [1.82, 2.24) is 10.2 Å². The summed E-state index contributed by atoms with van der Waals surface area (Å²) in [5.41, 5.74) is -0.881. The van der Waals surface area contributed by atoms with E-state index >= 15 is 0 Å². The summed E-state index contributed by atoms with van der Waals surface area (Å²) in [6.45, 7) is 6.15. The van der Waals surface area contributed by atoms with Gasteiger partial charge in [0.15, 0.2) is 0 Å². The molecule has 20 heavy (non-hydrogen) atoms. The summed E-state index contributed by atoms with van der Waals surface area (Å²) in [4.78, 5) is 14.8. The summed E-state index contributed by atoms with van der Waals surface area (Å²) < 4.78 is 5.26. The lowest BCUT2D eigenvalue weighted by Crippen LogP contribution is -2.50. The number of piperidine rings is 1. The van der Waals surface area contributed by atoms with Gasteiger partial charge in [-0.05, 0) is 45.7 Å². The van der Waals surface area contributed by atoms with Crippen LogP contribution < -0.4 is 5.32 Å². The second-order valence-electron chi connectivity index (χ2n) is 6.04. The minimum atomic E-state index is -0.881. The molecule has 0 radical (unpaired) electrons. The number of nitriles is 1. The van der Waals surface area contributed by atoms with Gasteiger partial charge in [0, 0.05) is 25.8 Å². The molecule has 5 nitrogen and oxygen atoms in total. The van der Waals surface area contributed by atoms with Crippen LogP contribution in [0.5, 0.6) is 0 Å². The Morgan fingerprint density at radius 3 is 2.60 bits per heavy atom. The molecule has 2 aliphatic heterocycles. The third-order valence-electron chi connectivity index (χ3n) is 4.35. The van der Waals surface area contributed by atoms with Crippen LogP contribution in [0, 0.1) is 16.7 Å².